The number of carbonyl (C=O) groups is 2. The van der Waals surface area contributed by atoms with Gasteiger partial charge in [-0.2, -0.15) is 4.39 Å². The van der Waals surface area contributed by atoms with Crippen molar-refractivity contribution < 1.29 is 18.7 Å². The zero-order valence-electron chi connectivity index (χ0n) is 11.3. The summed E-state index contributed by atoms with van der Waals surface area (Å²) in [6.07, 6.45) is 4.94. The monoisotopic (exact) mass is 280 g/mol. The Balaban J connectivity index is 2.23. The average Bonchev–Trinajstić information content (AvgIpc) is 2.98. The van der Waals surface area contributed by atoms with Crippen molar-refractivity contribution in [2.45, 2.75) is 31.7 Å². The second kappa shape index (κ2) is 6.45. The Hall–Kier alpha value is -1.98. The summed E-state index contributed by atoms with van der Waals surface area (Å²) in [6, 6.07) is 2.84. The van der Waals surface area contributed by atoms with E-state index in [1.165, 1.54) is 30.3 Å². The number of aromatic nitrogens is 1. The number of nitrogens with zero attached hydrogens (tertiary/aromatic N) is 2. The lowest BCUT2D eigenvalue weighted by molar-refractivity contribution is -0.141. The molecule has 0 atom stereocenters. The first-order chi connectivity index (χ1) is 9.63. The maximum absolute atomic E-state index is 13.6. The molecule has 108 valence electrons. The molecule has 2 rings (SSSR count). The van der Waals surface area contributed by atoms with E-state index in [9.17, 15) is 14.0 Å². The third-order valence-electron chi connectivity index (χ3n) is 3.54. The van der Waals surface area contributed by atoms with Gasteiger partial charge >= 0.3 is 5.97 Å². The van der Waals surface area contributed by atoms with Gasteiger partial charge < -0.3 is 9.64 Å². The largest absolute Gasteiger partial charge is 0.468 e. The van der Waals surface area contributed by atoms with Crippen molar-refractivity contribution in [3.05, 3.63) is 29.8 Å². The number of halogens is 1. The van der Waals surface area contributed by atoms with Crippen LogP contribution in [0.5, 0.6) is 0 Å². The summed E-state index contributed by atoms with van der Waals surface area (Å²) in [6.45, 7) is -0.158. The third kappa shape index (κ3) is 3.12. The van der Waals surface area contributed by atoms with Gasteiger partial charge in [0.25, 0.3) is 5.91 Å². The van der Waals surface area contributed by atoms with Gasteiger partial charge in [0.1, 0.15) is 6.54 Å². The lowest BCUT2D eigenvalue weighted by Gasteiger charge is -2.27. The fourth-order valence-electron chi connectivity index (χ4n) is 2.49. The summed E-state index contributed by atoms with van der Waals surface area (Å²) in [7, 11) is 1.27. The lowest BCUT2D eigenvalue weighted by atomic mass is 10.1. The number of pyridine rings is 1. The first kappa shape index (κ1) is 14.4. The molecule has 0 aliphatic heterocycles. The Morgan fingerprint density at radius 1 is 1.45 bits per heavy atom. The number of methoxy groups -OCH3 is 1. The van der Waals surface area contributed by atoms with Crippen LogP contribution >= 0.6 is 0 Å². The van der Waals surface area contributed by atoms with Crippen LogP contribution in [0.15, 0.2) is 18.3 Å². The fourth-order valence-corrected chi connectivity index (χ4v) is 2.49. The summed E-state index contributed by atoms with van der Waals surface area (Å²) >= 11 is 0. The van der Waals surface area contributed by atoms with Gasteiger partial charge in [0.2, 0.25) is 5.95 Å². The number of amides is 1. The van der Waals surface area contributed by atoms with E-state index in [1.807, 2.05) is 0 Å². The van der Waals surface area contributed by atoms with E-state index < -0.39 is 17.8 Å². The van der Waals surface area contributed by atoms with Crippen LogP contribution in [0.3, 0.4) is 0 Å². The van der Waals surface area contributed by atoms with E-state index in [0.717, 1.165) is 25.7 Å². The Kier molecular flexibility index (Phi) is 4.65. The molecule has 1 aromatic rings. The Morgan fingerprint density at radius 2 is 2.15 bits per heavy atom. The van der Waals surface area contributed by atoms with E-state index in [1.54, 1.807) is 0 Å². The number of hydrogen-bond acceptors (Lipinski definition) is 4. The Morgan fingerprint density at radius 3 is 2.75 bits per heavy atom. The molecule has 1 aliphatic rings. The van der Waals surface area contributed by atoms with Gasteiger partial charge in [0, 0.05) is 12.2 Å². The minimum absolute atomic E-state index is 0.0405. The molecule has 0 unspecified atom stereocenters. The minimum atomic E-state index is -0.814. The molecule has 1 saturated carbocycles. The van der Waals surface area contributed by atoms with Gasteiger partial charge in [0.15, 0.2) is 0 Å². The Bertz CT molecular complexity index is 501. The molecule has 1 aromatic heterocycles. The van der Waals surface area contributed by atoms with Crippen molar-refractivity contribution in [3.8, 4) is 0 Å². The van der Waals surface area contributed by atoms with Gasteiger partial charge in [-0.05, 0) is 25.0 Å². The molecule has 20 heavy (non-hydrogen) atoms. The van der Waals surface area contributed by atoms with Crippen LogP contribution in [0, 0.1) is 5.95 Å². The van der Waals surface area contributed by atoms with Crippen LogP contribution in [0.25, 0.3) is 0 Å². The van der Waals surface area contributed by atoms with Gasteiger partial charge in [0.05, 0.1) is 12.7 Å². The highest BCUT2D eigenvalue weighted by Crippen LogP contribution is 2.25. The maximum atomic E-state index is 13.6. The summed E-state index contributed by atoms with van der Waals surface area (Å²) in [5.74, 6) is -1.83. The number of carbonyl (C=O) groups excluding carboxylic acids is 2. The van der Waals surface area contributed by atoms with Crippen molar-refractivity contribution in [1.82, 2.24) is 9.88 Å². The number of esters is 1. The SMILES string of the molecule is COC(=O)CN(C(=O)c1cccnc1F)C1CCCC1. The average molecular weight is 280 g/mol. The summed E-state index contributed by atoms with van der Waals surface area (Å²) in [5.41, 5.74) is -0.108. The van der Waals surface area contributed by atoms with E-state index in [2.05, 4.69) is 9.72 Å². The van der Waals surface area contributed by atoms with Crippen molar-refractivity contribution in [3.63, 3.8) is 0 Å². The molecule has 0 aromatic carbocycles. The van der Waals surface area contributed by atoms with E-state index in [0.29, 0.717) is 0 Å². The highest BCUT2D eigenvalue weighted by Gasteiger charge is 2.30. The zero-order chi connectivity index (χ0) is 14.5. The van der Waals surface area contributed by atoms with Crippen molar-refractivity contribution in [1.29, 1.82) is 0 Å². The van der Waals surface area contributed by atoms with Crippen LogP contribution in [0.1, 0.15) is 36.0 Å². The molecule has 6 heteroatoms. The van der Waals surface area contributed by atoms with E-state index in [4.69, 9.17) is 0 Å². The summed E-state index contributed by atoms with van der Waals surface area (Å²) in [5, 5.41) is 0. The van der Waals surface area contributed by atoms with E-state index >= 15 is 0 Å². The second-order valence-corrected chi connectivity index (χ2v) is 4.79. The molecular weight excluding hydrogens is 263 g/mol. The number of rotatable bonds is 4. The maximum Gasteiger partial charge on any atom is 0.325 e. The highest BCUT2D eigenvalue weighted by atomic mass is 19.1. The quantitative estimate of drug-likeness (QED) is 0.623. The lowest BCUT2D eigenvalue weighted by Crippen LogP contribution is -2.43. The standard InChI is InChI=1S/C14H17FN2O3/c1-20-12(18)9-17(10-5-2-3-6-10)14(19)11-7-4-8-16-13(11)15/h4,7-8,10H,2-3,5-6,9H2,1H3. The highest BCUT2D eigenvalue weighted by molar-refractivity contribution is 5.96. The molecule has 0 saturated heterocycles. The smallest absolute Gasteiger partial charge is 0.325 e. The summed E-state index contributed by atoms with van der Waals surface area (Å²) < 4.78 is 18.2. The Labute approximate surface area is 116 Å². The molecule has 0 bridgehead atoms. The molecule has 0 N–H and O–H groups in total. The molecule has 1 heterocycles. The molecular formula is C14H17FN2O3. The first-order valence-electron chi connectivity index (χ1n) is 6.61. The molecule has 1 fully saturated rings. The summed E-state index contributed by atoms with van der Waals surface area (Å²) in [4.78, 5) is 28.8. The van der Waals surface area contributed by atoms with Gasteiger partial charge in [-0.3, -0.25) is 9.59 Å². The van der Waals surface area contributed by atoms with Gasteiger partial charge in [-0.15, -0.1) is 0 Å². The molecule has 0 spiro atoms. The number of ether oxygens (including phenoxy) is 1. The van der Waals surface area contributed by atoms with Crippen LogP contribution in [-0.4, -0.2) is 41.5 Å². The van der Waals surface area contributed by atoms with E-state index in [-0.39, 0.29) is 18.2 Å². The predicted octanol–water partition coefficient (Wildman–Crippen LogP) is 1.78. The first-order valence-corrected chi connectivity index (χ1v) is 6.61. The van der Waals surface area contributed by atoms with Crippen LogP contribution in [0.2, 0.25) is 0 Å². The third-order valence-corrected chi connectivity index (χ3v) is 3.54. The van der Waals surface area contributed by atoms with Crippen LogP contribution < -0.4 is 0 Å². The molecule has 1 amide bonds. The van der Waals surface area contributed by atoms with Crippen LogP contribution in [0.4, 0.5) is 4.39 Å². The minimum Gasteiger partial charge on any atom is -0.468 e. The van der Waals surface area contributed by atoms with Crippen LogP contribution in [-0.2, 0) is 9.53 Å². The van der Waals surface area contributed by atoms with Gasteiger partial charge in [-0.25, -0.2) is 4.98 Å². The van der Waals surface area contributed by atoms with Crippen molar-refractivity contribution in [2.24, 2.45) is 0 Å². The molecule has 1 aliphatic carbocycles. The topological polar surface area (TPSA) is 59.5 Å². The predicted molar refractivity (Wildman–Crippen MR) is 69.5 cm³/mol. The fraction of sp³-hybridized carbons (Fsp3) is 0.500. The zero-order valence-corrected chi connectivity index (χ0v) is 11.3. The molecule has 5 nitrogen and oxygen atoms in total. The van der Waals surface area contributed by atoms with Crippen molar-refractivity contribution in [2.75, 3.05) is 13.7 Å². The second-order valence-electron chi connectivity index (χ2n) is 4.79. The van der Waals surface area contributed by atoms with Crippen molar-refractivity contribution >= 4 is 11.9 Å². The van der Waals surface area contributed by atoms with Gasteiger partial charge in [-0.1, -0.05) is 12.8 Å². The normalized spacial score (nSPS) is 15.1. The number of hydrogen-bond donors (Lipinski definition) is 0. The molecule has 0 radical (unpaired) electrons.